The fourth-order valence-corrected chi connectivity index (χ4v) is 1.87. The summed E-state index contributed by atoms with van der Waals surface area (Å²) in [6, 6.07) is 6.94. The first-order chi connectivity index (χ1) is 7.61. The van der Waals surface area contributed by atoms with Gasteiger partial charge in [0.05, 0.1) is 11.3 Å². The second kappa shape index (κ2) is 4.12. The smallest absolute Gasteiger partial charge is 0.240 e. The molecule has 7 heteroatoms. The molecule has 0 spiro atoms. The molecular formula is C9H5BrClN5. The predicted molar refractivity (Wildman–Crippen MR) is 63.2 cm³/mol. The Balaban J connectivity index is 2.65. The number of nitrogens with zero attached hydrogens (tertiary/aromatic N) is 4. The van der Waals surface area contributed by atoms with Crippen LogP contribution in [0.5, 0.6) is 0 Å². The largest absolute Gasteiger partial charge is 0.366 e. The van der Waals surface area contributed by atoms with Gasteiger partial charge in [-0.3, -0.25) is 0 Å². The van der Waals surface area contributed by atoms with Crippen molar-refractivity contribution in [3.05, 3.63) is 33.5 Å². The molecule has 2 aromatic rings. The summed E-state index contributed by atoms with van der Waals surface area (Å²) >= 11 is 9.00. The van der Waals surface area contributed by atoms with E-state index in [0.717, 1.165) is 0 Å². The van der Waals surface area contributed by atoms with E-state index >= 15 is 0 Å². The highest BCUT2D eigenvalue weighted by Crippen LogP contribution is 2.22. The fourth-order valence-electron chi connectivity index (χ4n) is 1.24. The third-order valence-electron chi connectivity index (χ3n) is 1.89. The van der Waals surface area contributed by atoms with Crippen LogP contribution in [0.1, 0.15) is 5.56 Å². The number of anilines is 1. The highest BCUT2D eigenvalue weighted by atomic mass is 79.9. The molecule has 0 aliphatic rings. The number of aromatic nitrogens is 3. The third kappa shape index (κ3) is 1.87. The molecule has 0 amide bonds. The zero-order valence-corrected chi connectivity index (χ0v) is 10.2. The second-order valence-corrected chi connectivity index (χ2v) is 4.07. The van der Waals surface area contributed by atoms with Gasteiger partial charge in [-0.25, -0.2) is 4.68 Å². The van der Waals surface area contributed by atoms with Crippen molar-refractivity contribution >= 4 is 33.5 Å². The Kier molecular flexibility index (Phi) is 2.81. The first-order valence-corrected chi connectivity index (χ1v) is 5.37. The van der Waals surface area contributed by atoms with E-state index in [9.17, 15) is 0 Å². The molecule has 0 bridgehead atoms. The molecule has 2 rings (SSSR count). The van der Waals surface area contributed by atoms with Gasteiger partial charge in [0.15, 0.2) is 0 Å². The van der Waals surface area contributed by atoms with Crippen LogP contribution in [0.4, 0.5) is 5.95 Å². The number of hydrogen-bond acceptors (Lipinski definition) is 4. The lowest BCUT2D eigenvalue weighted by atomic mass is 10.2. The molecular weight excluding hydrogens is 293 g/mol. The summed E-state index contributed by atoms with van der Waals surface area (Å²) in [4.78, 5) is 3.89. The highest BCUT2D eigenvalue weighted by Gasteiger charge is 2.11. The van der Waals surface area contributed by atoms with Crippen LogP contribution in [0.2, 0.25) is 5.02 Å². The van der Waals surface area contributed by atoms with Gasteiger partial charge in [-0.1, -0.05) is 11.6 Å². The molecule has 80 valence electrons. The van der Waals surface area contributed by atoms with Crippen molar-refractivity contribution in [2.24, 2.45) is 0 Å². The summed E-state index contributed by atoms with van der Waals surface area (Å²) in [5.41, 5.74) is 6.43. The van der Waals surface area contributed by atoms with Crippen LogP contribution in [0.25, 0.3) is 5.69 Å². The van der Waals surface area contributed by atoms with E-state index in [1.54, 1.807) is 18.2 Å². The Morgan fingerprint density at radius 1 is 1.50 bits per heavy atom. The Morgan fingerprint density at radius 2 is 2.25 bits per heavy atom. The maximum Gasteiger partial charge on any atom is 0.240 e. The minimum atomic E-state index is 0.130. The van der Waals surface area contributed by atoms with Gasteiger partial charge >= 0.3 is 0 Å². The summed E-state index contributed by atoms with van der Waals surface area (Å²) in [7, 11) is 0. The first kappa shape index (κ1) is 10.9. The quantitative estimate of drug-likeness (QED) is 0.874. The number of nitriles is 1. The molecule has 0 aliphatic carbocycles. The van der Waals surface area contributed by atoms with E-state index in [2.05, 4.69) is 26.0 Å². The molecule has 0 atom stereocenters. The zero-order valence-electron chi connectivity index (χ0n) is 7.85. The number of halogens is 2. The van der Waals surface area contributed by atoms with E-state index in [4.69, 9.17) is 22.6 Å². The molecule has 0 saturated carbocycles. The number of hydrogen-bond donors (Lipinski definition) is 1. The first-order valence-electron chi connectivity index (χ1n) is 4.20. The Labute approximate surface area is 105 Å². The Morgan fingerprint density at radius 3 is 2.81 bits per heavy atom. The molecule has 1 aromatic carbocycles. The van der Waals surface area contributed by atoms with Gasteiger partial charge in [0.2, 0.25) is 10.7 Å². The minimum absolute atomic E-state index is 0.130. The molecule has 5 nitrogen and oxygen atoms in total. The van der Waals surface area contributed by atoms with Crippen molar-refractivity contribution in [1.82, 2.24) is 14.8 Å². The molecule has 1 aromatic heterocycles. The van der Waals surface area contributed by atoms with Crippen molar-refractivity contribution in [2.45, 2.75) is 0 Å². The molecule has 0 radical (unpaired) electrons. The van der Waals surface area contributed by atoms with Gasteiger partial charge in [-0.2, -0.15) is 10.2 Å². The summed E-state index contributed by atoms with van der Waals surface area (Å²) in [5, 5.41) is 13.4. The van der Waals surface area contributed by atoms with Crippen LogP contribution in [0, 0.1) is 11.3 Å². The van der Waals surface area contributed by atoms with Crippen molar-refractivity contribution < 1.29 is 0 Å². The van der Waals surface area contributed by atoms with Crippen LogP contribution in [-0.4, -0.2) is 14.8 Å². The second-order valence-electron chi connectivity index (χ2n) is 2.92. The lowest BCUT2D eigenvalue weighted by Crippen LogP contribution is -2.00. The van der Waals surface area contributed by atoms with Crippen LogP contribution in [-0.2, 0) is 0 Å². The van der Waals surface area contributed by atoms with E-state index in [1.807, 2.05) is 6.07 Å². The van der Waals surface area contributed by atoms with E-state index < -0.39 is 0 Å². The summed E-state index contributed by atoms with van der Waals surface area (Å²) in [6.07, 6.45) is 0. The SMILES string of the molecule is N#Cc1cc(Cl)ccc1-n1nc(N)nc1Br. The third-order valence-corrected chi connectivity index (χ3v) is 2.64. The average Bonchev–Trinajstić information content (AvgIpc) is 2.57. The minimum Gasteiger partial charge on any atom is -0.366 e. The van der Waals surface area contributed by atoms with E-state index in [-0.39, 0.29) is 5.95 Å². The van der Waals surface area contributed by atoms with E-state index in [0.29, 0.717) is 21.0 Å². The maximum atomic E-state index is 8.99. The lowest BCUT2D eigenvalue weighted by Gasteiger charge is -2.04. The topological polar surface area (TPSA) is 80.5 Å². The van der Waals surface area contributed by atoms with Gasteiger partial charge in [0, 0.05) is 5.02 Å². The van der Waals surface area contributed by atoms with Crippen molar-refractivity contribution in [2.75, 3.05) is 5.73 Å². The normalized spacial score (nSPS) is 10.1. The molecule has 2 N–H and O–H groups in total. The molecule has 16 heavy (non-hydrogen) atoms. The van der Waals surface area contributed by atoms with Crippen LogP contribution >= 0.6 is 27.5 Å². The number of nitrogen functional groups attached to an aromatic ring is 1. The highest BCUT2D eigenvalue weighted by molar-refractivity contribution is 9.10. The Hall–Kier alpha value is -1.58. The van der Waals surface area contributed by atoms with Crippen LogP contribution in [0.3, 0.4) is 0 Å². The average molecular weight is 299 g/mol. The monoisotopic (exact) mass is 297 g/mol. The summed E-state index contributed by atoms with van der Waals surface area (Å²) in [6.45, 7) is 0. The lowest BCUT2D eigenvalue weighted by molar-refractivity contribution is 0.857. The summed E-state index contributed by atoms with van der Waals surface area (Å²) in [5.74, 6) is 0.130. The van der Waals surface area contributed by atoms with Gasteiger partial charge < -0.3 is 5.73 Å². The standard InChI is InChI=1S/C9H5BrClN5/c10-8-14-9(13)15-16(8)7-2-1-6(11)3-5(7)4-12/h1-3H,(H2,13,15). The number of benzene rings is 1. The van der Waals surface area contributed by atoms with Gasteiger partial charge in [-0.15, -0.1) is 5.10 Å². The fraction of sp³-hybridized carbons (Fsp3) is 0. The zero-order chi connectivity index (χ0) is 11.7. The number of rotatable bonds is 1. The van der Waals surface area contributed by atoms with Gasteiger partial charge in [0.25, 0.3) is 0 Å². The maximum absolute atomic E-state index is 8.99. The van der Waals surface area contributed by atoms with E-state index in [1.165, 1.54) is 4.68 Å². The summed E-state index contributed by atoms with van der Waals surface area (Å²) < 4.78 is 1.87. The molecule has 0 aliphatic heterocycles. The van der Waals surface area contributed by atoms with Gasteiger partial charge in [-0.05, 0) is 34.1 Å². The van der Waals surface area contributed by atoms with Crippen LogP contribution in [0.15, 0.2) is 22.9 Å². The van der Waals surface area contributed by atoms with Gasteiger partial charge in [0.1, 0.15) is 6.07 Å². The van der Waals surface area contributed by atoms with Crippen LogP contribution < -0.4 is 5.73 Å². The molecule has 1 heterocycles. The Bertz CT molecular complexity index is 586. The molecule has 0 fully saturated rings. The molecule has 0 unspecified atom stereocenters. The van der Waals surface area contributed by atoms with Crippen molar-refractivity contribution in [3.63, 3.8) is 0 Å². The van der Waals surface area contributed by atoms with Crippen molar-refractivity contribution in [3.8, 4) is 11.8 Å². The predicted octanol–water partition coefficient (Wildman–Crippen LogP) is 2.14. The molecule has 0 saturated heterocycles. The van der Waals surface area contributed by atoms with Crippen molar-refractivity contribution in [1.29, 1.82) is 5.26 Å². The number of nitrogens with two attached hydrogens (primary N) is 1.